The zero-order valence-electron chi connectivity index (χ0n) is 14.6. The Hall–Kier alpha value is -2.87. The van der Waals surface area contributed by atoms with E-state index in [9.17, 15) is 18.0 Å². The van der Waals surface area contributed by atoms with Gasteiger partial charge >= 0.3 is 5.97 Å². The standard InChI is InChI=1S/C19H18O7S/c1-2-27(22,23)18-6-4-3-5-14(18)19(21)26-12-15(20)13-7-8-16-17(11-13)25-10-9-24-16/h3-8,11H,2,9-10,12H2,1H3. The lowest BCUT2D eigenvalue weighted by Crippen LogP contribution is -2.18. The molecular weight excluding hydrogens is 372 g/mol. The molecule has 0 fully saturated rings. The fraction of sp³-hybridized carbons (Fsp3) is 0.263. The fourth-order valence-corrected chi connectivity index (χ4v) is 3.65. The number of ether oxygens (including phenoxy) is 3. The zero-order valence-corrected chi connectivity index (χ0v) is 15.5. The molecule has 2 aromatic carbocycles. The maximum Gasteiger partial charge on any atom is 0.339 e. The van der Waals surface area contributed by atoms with Crippen molar-refractivity contribution in [3.05, 3.63) is 53.6 Å². The Kier molecular flexibility index (Phi) is 5.46. The first-order chi connectivity index (χ1) is 12.9. The highest BCUT2D eigenvalue weighted by molar-refractivity contribution is 7.91. The van der Waals surface area contributed by atoms with Gasteiger partial charge in [-0.2, -0.15) is 0 Å². The maximum atomic E-state index is 12.3. The van der Waals surface area contributed by atoms with Crippen LogP contribution in [0.3, 0.4) is 0 Å². The van der Waals surface area contributed by atoms with E-state index >= 15 is 0 Å². The number of Topliss-reactive ketones (excluding diaryl/α,β-unsaturated/α-hetero) is 1. The topological polar surface area (TPSA) is 96.0 Å². The highest BCUT2D eigenvalue weighted by Gasteiger charge is 2.22. The van der Waals surface area contributed by atoms with Gasteiger partial charge in [-0.15, -0.1) is 0 Å². The molecule has 0 saturated carbocycles. The third-order valence-electron chi connectivity index (χ3n) is 4.02. The van der Waals surface area contributed by atoms with Crippen molar-refractivity contribution in [3.63, 3.8) is 0 Å². The summed E-state index contributed by atoms with van der Waals surface area (Å²) in [5, 5.41) is 0. The lowest BCUT2D eigenvalue weighted by molar-refractivity contribution is 0.0471. The molecular formula is C19H18O7S. The van der Waals surface area contributed by atoms with E-state index in [2.05, 4.69) is 0 Å². The van der Waals surface area contributed by atoms with Crippen molar-refractivity contribution < 1.29 is 32.2 Å². The van der Waals surface area contributed by atoms with E-state index < -0.39 is 28.2 Å². The first kappa shape index (κ1) is 18.9. The molecule has 8 heteroatoms. The molecule has 3 rings (SSSR count). The van der Waals surface area contributed by atoms with E-state index in [0.29, 0.717) is 30.3 Å². The molecule has 0 aromatic heterocycles. The number of esters is 1. The summed E-state index contributed by atoms with van der Waals surface area (Å²) in [6, 6.07) is 10.5. The van der Waals surface area contributed by atoms with Crippen LogP contribution in [-0.4, -0.2) is 45.7 Å². The summed E-state index contributed by atoms with van der Waals surface area (Å²) in [5.41, 5.74) is 0.218. The second-order valence-corrected chi connectivity index (χ2v) is 8.00. The van der Waals surface area contributed by atoms with Gasteiger partial charge < -0.3 is 14.2 Å². The fourth-order valence-electron chi connectivity index (χ4n) is 2.57. The Morgan fingerprint density at radius 1 is 1.04 bits per heavy atom. The molecule has 7 nitrogen and oxygen atoms in total. The summed E-state index contributed by atoms with van der Waals surface area (Å²) in [7, 11) is -3.59. The molecule has 0 radical (unpaired) electrons. The second-order valence-electron chi connectivity index (χ2n) is 5.76. The number of carbonyl (C=O) groups excluding carboxylic acids is 2. The highest BCUT2D eigenvalue weighted by Crippen LogP contribution is 2.30. The van der Waals surface area contributed by atoms with Gasteiger partial charge in [-0.1, -0.05) is 19.1 Å². The molecule has 0 bridgehead atoms. The van der Waals surface area contributed by atoms with Crippen LogP contribution in [0, 0.1) is 0 Å². The third-order valence-corrected chi connectivity index (χ3v) is 5.81. The van der Waals surface area contributed by atoms with Crippen molar-refractivity contribution in [2.24, 2.45) is 0 Å². The smallest absolute Gasteiger partial charge is 0.339 e. The lowest BCUT2D eigenvalue weighted by atomic mass is 10.1. The Morgan fingerprint density at radius 3 is 2.48 bits per heavy atom. The Bertz CT molecular complexity index is 979. The van der Waals surface area contributed by atoms with Crippen LogP contribution in [0.1, 0.15) is 27.6 Å². The van der Waals surface area contributed by atoms with Crippen LogP contribution in [0.2, 0.25) is 0 Å². The summed E-state index contributed by atoms with van der Waals surface area (Å²) < 4.78 is 40.1. The Morgan fingerprint density at radius 2 is 1.74 bits per heavy atom. The van der Waals surface area contributed by atoms with Crippen LogP contribution >= 0.6 is 0 Å². The van der Waals surface area contributed by atoms with Crippen molar-refractivity contribution in [2.45, 2.75) is 11.8 Å². The summed E-state index contributed by atoms with van der Waals surface area (Å²) in [6.45, 7) is 1.81. The molecule has 0 amide bonds. The molecule has 1 aliphatic heterocycles. The van der Waals surface area contributed by atoms with Gasteiger partial charge in [0.05, 0.1) is 16.2 Å². The number of ketones is 1. The molecule has 2 aromatic rings. The second kappa shape index (κ2) is 7.79. The van der Waals surface area contributed by atoms with E-state index in [1.807, 2.05) is 0 Å². The van der Waals surface area contributed by atoms with Crippen LogP contribution in [0.15, 0.2) is 47.4 Å². The Labute approximate surface area is 156 Å². The number of hydrogen-bond acceptors (Lipinski definition) is 7. The number of rotatable bonds is 6. The third kappa shape index (κ3) is 4.11. The van der Waals surface area contributed by atoms with Gasteiger partial charge in [0.2, 0.25) is 0 Å². The number of sulfone groups is 1. The first-order valence-corrected chi connectivity index (χ1v) is 9.99. The molecule has 142 valence electrons. The number of benzene rings is 2. The van der Waals surface area contributed by atoms with E-state index in [-0.39, 0.29) is 16.2 Å². The predicted molar refractivity (Wildman–Crippen MR) is 96.2 cm³/mol. The van der Waals surface area contributed by atoms with Crippen LogP contribution in [0.25, 0.3) is 0 Å². The molecule has 1 heterocycles. The van der Waals surface area contributed by atoms with E-state index in [0.717, 1.165) is 0 Å². The highest BCUT2D eigenvalue weighted by atomic mass is 32.2. The summed E-state index contributed by atoms with van der Waals surface area (Å²) in [6.07, 6.45) is 0. The molecule has 0 atom stereocenters. The quantitative estimate of drug-likeness (QED) is 0.551. The van der Waals surface area contributed by atoms with Gasteiger partial charge in [-0.3, -0.25) is 4.79 Å². The summed E-state index contributed by atoms with van der Waals surface area (Å²) in [4.78, 5) is 24.5. The van der Waals surface area contributed by atoms with Crippen LogP contribution < -0.4 is 9.47 Å². The molecule has 0 saturated heterocycles. The normalized spacial score (nSPS) is 13.1. The minimum Gasteiger partial charge on any atom is -0.486 e. The average molecular weight is 390 g/mol. The van der Waals surface area contributed by atoms with Gasteiger partial charge in [0.1, 0.15) is 13.2 Å². The molecule has 0 unspecified atom stereocenters. The number of carbonyl (C=O) groups is 2. The summed E-state index contributed by atoms with van der Waals surface area (Å²) >= 11 is 0. The number of hydrogen-bond donors (Lipinski definition) is 0. The van der Waals surface area contributed by atoms with Gasteiger partial charge in [-0.25, -0.2) is 13.2 Å². The monoisotopic (exact) mass is 390 g/mol. The van der Waals surface area contributed by atoms with Gasteiger partial charge in [-0.05, 0) is 30.3 Å². The minimum atomic E-state index is -3.59. The molecule has 0 N–H and O–H groups in total. The molecule has 27 heavy (non-hydrogen) atoms. The van der Waals surface area contributed by atoms with Crippen molar-refractivity contribution in [1.29, 1.82) is 0 Å². The van der Waals surface area contributed by atoms with Crippen LogP contribution in [0.5, 0.6) is 11.5 Å². The molecule has 0 aliphatic carbocycles. The van der Waals surface area contributed by atoms with E-state index in [4.69, 9.17) is 14.2 Å². The van der Waals surface area contributed by atoms with Crippen molar-refractivity contribution in [2.75, 3.05) is 25.6 Å². The van der Waals surface area contributed by atoms with Gasteiger partial charge in [0, 0.05) is 5.56 Å². The zero-order chi connectivity index (χ0) is 19.4. The Balaban J connectivity index is 1.72. The molecule has 1 aliphatic rings. The lowest BCUT2D eigenvalue weighted by Gasteiger charge is -2.18. The van der Waals surface area contributed by atoms with Crippen LogP contribution in [-0.2, 0) is 14.6 Å². The molecule has 0 spiro atoms. The van der Waals surface area contributed by atoms with Crippen molar-refractivity contribution in [1.82, 2.24) is 0 Å². The van der Waals surface area contributed by atoms with Crippen molar-refractivity contribution in [3.8, 4) is 11.5 Å². The minimum absolute atomic E-state index is 0.0886. The van der Waals surface area contributed by atoms with E-state index in [1.165, 1.54) is 37.3 Å². The van der Waals surface area contributed by atoms with Crippen LogP contribution in [0.4, 0.5) is 0 Å². The summed E-state index contributed by atoms with van der Waals surface area (Å²) in [5.74, 6) is -0.441. The predicted octanol–water partition coefficient (Wildman–Crippen LogP) is 2.29. The largest absolute Gasteiger partial charge is 0.486 e. The number of fused-ring (bicyclic) bond motifs is 1. The van der Waals surface area contributed by atoms with Gasteiger partial charge in [0.25, 0.3) is 0 Å². The first-order valence-electron chi connectivity index (χ1n) is 8.34. The van der Waals surface area contributed by atoms with Gasteiger partial charge in [0.15, 0.2) is 33.7 Å². The SMILES string of the molecule is CCS(=O)(=O)c1ccccc1C(=O)OCC(=O)c1ccc2c(c1)OCCO2. The van der Waals surface area contributed by atoms with Crippen molar-refractivity contribution >= 4 is 21.6 Å². The maximum absolute atomic E-state index is 12.3. The average Bonchev–Trinajstić information content (AvgIpc) is 2.71. The van der Waals surface area contributed by atoms with E-state index in [1.54, 1.807) is 12.1 Å².